The molecule has 0 saturated carbocycles. The average molecular weight is 304 g/mol. The topological polar surface area (TPSA) is 38.3 Å². The lowest BCUT2D eigenvalue weighted by atomic mass is 10.1. The molecule has 0 aliphatic carbocycles. The van der Waals surface area contributed by atoms with Crippen LogP contribution in [0.5, 0.6) is 5.75 Å². The number of aryl methyl sites for hydroxylation is 2. The lowest BCUT2D eigenvalue weighted by molar-refractivity contribution is -0.115. The monoisotopic (exact) mass is 303 g/mol. The van der Waals surface area contributed by atoms with Crippen LogP contribution in [-0.4, -0.2) is 13.0 Å². The van der Waals surface area contributed by atoms with E-state index >= 15 is 0 Å². The number of nitrogens with one attached hydrogen (secondary N) is 1. The van der Waals surface area contributed by atoms with E-state index in [4.69, 9.17) is 16.3 Å². The summed E-state index contributed by atoms with van der Waals surface area (Å²) in [6.45, 7) is 3.90. The third-order valence-corrected chi connectivity index (χ3v) is 3.48. The minimum atomic E-state index is -0.0793. The van der Waals surface area contributed by atoms with Crippen molar-refractivity contribution < 1.29 is 9.53 Å². The van der Waals surface area contributed by atoms with Crippen LogP contribution < -0.4 is 10.1 Å². The zero-order valence-corrected chi connectivity index (χ0v) is 13.1. The minimum absolute atomic E-state index is 0.0793. The van der Waals surface area contributed by atoms with Crippen molar-refractivity contribution in [3.63, 3.8) is 0 Å². The molecular formula is C17H18ClNO2. The Labute approximate surface area is 129 Å². The zero-order valence-electron chi connectivity index (χ0n) is 12.4. The molecule has 0 heterocycles. The molecule has 0 saturated heterocycles. The second-order valence-corrected chi connectivity index (χ2v) is 5.44. The second kappa shape index (κ2) is 6.64. The summed E-state index contributed by atoms with van der Waals surface area (Å²) in [5.41, 5.74) is 3.69. The zero-order chi connectivity index (χ0) is 15.4. The Balaban J connectivity index is 2.13. The summed E-state index contributed by atoms with van der Waals surface area (Å²) in [5.74, 6) is 0.646. The number of carbonyl (C=O) groups is 1. The Morgan fingerprint density at radius 3 is 2.62 bits per heavy atom. The van der Waals surface area contributed by atoms with Gasteiger partial charge >= 0.3 is 0 Å². The SMILES string of the molecule is COc1ccc(C)cc1CC(=O)Nc1ccc(Cl)cc1C. The van der Waals surface area contributed by atoms with Gasteiger partial charge in [-0.05, 0) is 43.7 Å². The minimum Gasteiger partial charge on any atom is -0.496 e. The molecular weight excluding hydrogens is 286 g/mol. The molecule has 3 nitrogen and oxygen atoms in total. The van der Waals surface area contributed by atoms with Crippen LogP contribution in [0, 0.1) is 13.8 Å². The van der Waals surface area contributed by atoms with Gasteiger partial charge in [-0.1, -0.05) is 29.3 Å². The maximum atomic E-state index is 12.2. The highest BCUT2D eigenvalue weighted by Crippen LogP contribution is 2.22. The number of halogens is 1. The van der Waals surface area contributed by atoms with Gasteiger partial charge in [0.1, 0.15) is 5.75 Å². The molecule has 0 aliphatic rings. The number of anilines is 1. The van der Waals surface area contributed by atoms with Gasteiger partial charge in [0.2, 0.25) is 5.91 Å². The van der Waals surface area contributed by atoms with Gasteiger partial charge in [-0.3, -0.25) is 4.79 Å². The van der Waals surface area contributed by atoms with Crippen LogP contribution in [0.1, 0.15) is 16.7 Å². The van der Waals surface area contributed by atoms with Crippen LogP contribution in [0.2, 0.25) is 5.02 Å². The van der Waals surface area contributed by atoms with Gasteiger partial charge in [-0.15, -0.1) is 0 Å². The Bertz CT molecular complexity index is 668. The summed E-state index contributed by atoms with van der Waals surface area (Å²) in [6, 6.07) is 11.2. The fourth-order valence-corrected chi connectivity index (χ4v) is 2.41. The van der Waals surface area contributed by atoms with Gasteiger partial charge in [-0.2, -0.15) is 0 Å². The van der Waals surface area contributed by atoms with Crippen molar-refractivity contribution in [2.24, 2.45) is 0 Å². The van der Waals surface area contributed by atoms with Crippen LogP contribution >= 0.6 is 11.6 Å². The molecule has 0 aliphatic heterocycles. The molecule has 0 atom stereocenters. The van der Waals surface area contributed by atoms with E-state index in [-0.39, 0.29) is 12.3 Å². The molecule has 0 spiro atoms. The summed E-state index contributed by atoms with van der Waals surface area (Å²) in [6.07, 6.45) is 0.271. The van der Waals surface area contributed by atoms with Crippen molar-refractivity contribution in [2.45, 2.75) is 20.3 Å². The van der Waals surface area contributed by atoms with E-state index in [2.05, 4.69) is 5.32 Å². The van der Waals surface area contributed by atoms with E-state index in [1.807, 2.05) is 44.2 Å². The number of methoxy groups -OCH3 is 1. The predicted octanol–water partition coefficient (Wildman–Crippen LogP) is 4.15. The van der Waals surface area contributed by atoms with E-state index in [9.17, 15) is 4.79 Å². The first-order valence-electron chi connectivity index (χ1n) is 6.69. The van der Waals surface area contributed by atoms with E-state index in [0.29, 0.717) is 5.02 Å². The predicted molar refractivity (Wildman–Crippen MR) is 86.3 cm³/mol. The molecule has 21 heavy (non-hydrogen) atoms. The fraction of sp³-hybridized carbons (Fsp3) is 0.235. The van der Waals surface area contributed by atoms with Crippen LogP contribution in [0.25, 0.3) is 0 Å². The van der Waals surface area contributed by atoms with E-state index in [1.165, 1.54) is 0 Å². The van der Waals surface area contributed by atoms with Crippen LogP contribution in [-0.2, 0) is 11.2 Å². The van der Waals surface area contributed by atoms with Crippen molar-refractivity contribution in [1.29, 1.82) is 0 Å². The average Bonchev–Trinajstić information content (AvgIpc) is 2.42. The summed E-state index contributed by atoms with van der Waals surface area (Å²) in [5, 5.41) is 3.56. The summed E-state index contributed by atoms with van der Waals surface area (Å²) < 4.78 is 5.29. The lowest BCUT2D eigenvalue weighted by Crippen LogP contribution is -2.15. The molecule has 2 rings (SSSR count). The van der Waals surface area contributed by atoms with Crippen molar-refractivity contribution in [1.82, 2.24) is 0 Å². The Hall–Kier alpha value is -2.00. The molecule has 0 aromatic heterocycles. The first kappa shape index (κ1) is 15.4. The maximum Gasteiger partial charge on any atom is 0.228 e. The summed E-state index contributed by atoms with van der Waals surface area (Å²) >= 11 is 5.91. The first-order chi connectivity index (χ1) is 9.99. The molecule has 2 aromatic rings. The largest absolute Gasteiger partial charge is 0.496 e. The number of amides is 1. The number of carbonyl (C=O) groups excluding carboxylic acids is 1. The van der Waals surface area contributed by atoms with Crippen molar-refractivity contribution >= 4 is 23.2 Å². The quantitative estimate of drug-likeness (QED) is 0.921. The maximum absolute atomic E-state index is 12.2. The molecule has 110 valence electrons. The van der Waals surface area contributed by atoms with Gasteiger partial charge in [0.05, 0.1) is 13.5 Å². The number of benzene rings is 2. The molecule has 0 fully saturated rings. The van der Waals surface area contributed by atoms with Gasteiger partial charge in [0.15, 0.2) is 0 Å². The molecule has 2 aromatic carbocycles. The number of ether oxygens (including phenoxy) is 1. The molecule has 0 radical (unpaired) electrons. The van der Waals surface area contributed by atoms with Gasteiger partial charge in [-0.25, -0.2) is 0 Å². The van der Waals surface area contributed by atoms with Gasteiger partial charge < -0.3 is 10.1 Å². The van der Waals surface area contributed by atoms with Crippen LogP contribution in [0.4, 0.5) is 5.69 Å². The number of rotatable bonds is 4. The van der Waals surface area contributed by atoms with E-state index in [1.54, 1.807) is 13.2 Å². The lowest BCUT2D eigenvalue weighted by Gasteiger charge is -2.11. The molecule has 4 heteroatoms. The molecule has 1 N–H and O–H groups in total. The number of hydrogen-bond acceptors (Lipinski definition) is 2. The highest BCUT2D eigenvalue weighted by Gasteiger charge is 2.10. The fourth-order valence-electron chi connectivity index (χ4n) is 2.18. The third-order valence-electron chi connectivity index (χ3n) is 3.25. The third kappa shape index (κ3) is 3.99. The molecule has 0 bridgehead atoms. The van der Waals surface area contributed by atoms with Gasteiger partial charge in [0, 0.05) is 16.3 Å². The standard InChI is InChI=1S/C17H18ClNO2/c1-11-4-7-16(21-3)13(8-11)10-17(20)19-15-6-5-14(18)9-12(15)2/h4-9H,10H2,1-3H3,(H,19,20). The number of hydrogen-bond donors (Lipinski definition) is 1. The van der Waals surface area contributed by atoms with Crippen molar-refractivity contribution in [3.8, 4) is 5.75 Å². The van der Waals surface area contributed by atoms with Crippen LogP contribution in [0.3, 0.4) is 0 Å². The second-order valence-electron chi connectivity index (χ2n) is 5.00. The Morgan fingerprint density at radius 2 is 1.95 bits per heavy atom. The van der Waals surface area contributed by atoms with Crippen LogP contribution in [0.15, 0.2) is 36.4 Å². The van der Waals surface area contributed by atoms with Crippen molar-refractivity contribution in [3.05, 3.63) is 58.1 Å². The molecule has 1 amide bonds. The highest BCUT2D eigenvalue weighted by atomic mass is 35.5. The highest BCUT2D eigenvalue weighted by molar-refractivity contribution is 6.30. The smallest absolute Gasteiger partial charge is 0.228 e. The van der Waals surface area contributed by atoms with Crippen molar-refractivity contribution in [2.75, 3.05) is 12.4 Å². The normalized spacial score (nSPS) is 10.3. The van der Waals surface area contributed by atoms with Gasteiger partial charge in [0.25, 0.3) is 0 Å². The van der Waals surface area contributed by atoms with E-state index in [0.717, 1.165) is 28.1 Å². The Kier molecular flexibility index (Phi) is 4.86. The van der Waals surface area contributed by atoms with E-state index < -0.39 is 0 Å². The Morgan fingerprint density at radius 1 is 1.19 bits per heavy atom. The summed E-state index contributed by atoms with van der Waals surface area (Å²) in [4.78, 5) is 12.2. The first-order valence-corrected chi connectivity index (χ1v) is 7.07. The summed E-state index contributed by atoms with van der Waals surface area (Å²) in [7, 11) is 1.61. The molecule has 0 unspecified atom stereocenters.